The fraction of sp³-hybridized carbons (Fsp3) is 0.600. The number of unbranched alkanes of at least 4 members (excludes halogenated alkanes) is 2. The molecule has 0 saturated heterocycles. The van der Waals surface area contributed by atoms with Gasteiger partial charge in [-0.1, -0.05) is 19.4 Å². The highest BCUT2D eigenvalue weighted by Crippen LogP contribution is 2.18. The van der Waals surface area contributed by atoms with Gasteiger partial charge in [0, 0.05) is 12.7 Å². The summed E-state index contributed by atoms with van der Waals surface area (Å²) >= 11 is 0. The quantitative estimate of drug-likeness (QED) is 0.642. The smallest absolute Gasteiger partial charge is 0.326 e. The number of nitrogens with two attached hydrogens (primary N) is 1. The third-order valence-electron chi connectivity index (χ3n) is 3.29. The fourth-order valence-electron chi connectivity index (χ4n) is 2.18. The second kappa shape index (κ2) is 9.31. The van der Waals surface area contributed by atoms with Crippen molar-refractivity contribution in [1.82, 2.24) is 4.98 Å². The van der Waals surface area contributed by atoms with Gasteiger partial charge in [0.05, 0.1) is 0 Å². The highest BCUT2D eigenvalue weighted by atomic mass is 16.4. The number of anilines is 1. The summed E-state index contributed by atoms with van der Waals surface area (Å²) < 4.78 is 0. The van der Waals surface area contributed by atoms with Crippen LogP contribution >= 0.6 is 0 Å². The van der Waals surface area contributed by atoms with E-state index in [1.54, 1.807) is 6.20 Å². The van der Waals surface area contributed by atoms with Crippen LogP contribution in [0.25, 0.3) is 0 Å². The van der Waals surface area contributed by atoms with E-state index in [1.165, 1.54) is 0 Å². The summed E-state index contributed by atoms with van der Waals surface area (Å²) in [5.41, 5.74) is 5.48. The van der Waals surface area contributed by atoms with Crippen molar-refractivity contribution in [2.75, 3.05) is 18.0 Å². The molecule has 1 heterocycles. The normalized spacial score (nSPS) is 12.1. The van der Waals surface area contributed by atoms with Gasteiger partial charge in [0.1, 0.15) is 11.9 Å². The second-order valence-electron chi connectivity index (χ2n) is 4.87. The van der Waals surface area contributed by atoms with Crippen LogP contribution in [0.2, 0.25) is 0 Å². The highest BCUT2D eigenvalue weighted by molar-refractivity contribution is 5.77. The lowest BCUT2D eigenvalue weighted by atomic mass is 10.1. The van der Waals surface area contributed by atoms with E-state index in [4.69, 9.17) is 5.73 Å². The van der Waals surface area contributed by atoms with Gasteiger partial charge in [-0.3, -0.25) is 0 Å². The Morgan fingerprint density at radius 2 is 2.20 bits per heavy atom. The van der Waals surface area contributed by atoms with E-state index in [1.807, 2.05) is 23.1 Å². The molecule has 3 N–H and O–H groups in total. The van der Waals surface area contributed by atoms with E-state index >= 15 is 0 Å². The number of rotatable bonds is 10. The van der Waals surface area contributed by atoms with Gasteiger partial charge in [0.2, 0.25) is 0 Å². The standard InChI is InChI=1S/C15H25N3O2/c1-2-3-12-18(14-9-5-7-11-17-14)13(15(19)20)8-4-6-10-16/h5,7,9,11,13H,2-4,6,8,10,12,16H2,1H3,(H,19,20). The molecule has 1 atom stereocenters. The summed E-state index contributed by atoms with van der Waals surface area (Å²) in [6.45, 7) is 3.42. The summed E-state index contributed by atoms with van der Waals surface area (Å²) in [6.07, 6.45) is 5.96. The molecule has 0 radical (unpaired) electrons. The maximum Gasteiger partial charge on any atom is 0.326 e. The monoisotopic (exact) mass is 279 g/mol. The SMILES string of the molecule is CCCCN(c1ccccn1)C(CCCCN)C(=O)O. The number of hydrogen-bond donors (Lipinski definition) is 2. The molecule has 5 nitrogen and oxygen atoms in total. The first kappa shape index (κ1) is 16.4. The summed E-state index contributed by atoms with van der Waals surface area (Å²) in [5, 5.41) is 9.50. The van der Waals surface area contributed by atoms with Crippen LogP contribution in [0.5, 0.6) is 0 Å². The number of aliphatic carboxylic acids is 1. The molecule has 0 amide bonds. The Balaban J connectivity index is 2.84. The summed E-state index contributed by atoms with van der Waals surface area (Å²) in [4.78, 5) is 17.8. The van der Waals surface area contributed by atoms with Gasteiger partial charge in [0.25, 0.3) is 0 Å². The van der Waals surface area contributed by atoms with E-state index in [0.29, 0.717) is 19.5 Å². The minimum atomic E-state index is -0.788. The predicted molar refractivity (Wildman–Crippen MR) is 80.8 cm³/mol. The van der Waals surface area contributed by atoms with E-state index in [-0.39, 0.29) is 0 Å². The first-order valence-corrected chi connectivity index (χ1v) is 7.31. The average Bonchev–Trinajstić information content (AvgIpc) is 2.46. The Bertz CT molecular complexity index is 384. The molecule has 0 fully saturated rings. The van der Waals surface area contributed by atoms with Gasteiger partial charge in [-0.2, -0.15) is 0 Å². The molecule has 20 heavy (non-hydrogen) atoms. The van der Waals surface area contributed by atoms with Gasteiger partial charge in [-0.05, 0) is 44.4 Å². The number of nitrogens with zero attached hydrogens (tertiary/aromatic N) is 2. The van der Waals surface area contributed by atoms with E-state index < -0.39 is 12.0 Å². The average molecular weight is 279 g/mol. The lowest BCUT2D eigenvalue weighted by Gasteiger charge is -2.30. The van der Waals surface area contributed by atoms with Gasteiger partial charge in [-0.15, -0.1) is 0 Å². The van der Waals surface area contributed by atoms with Crippen molar-refractivity contribution in [3.05, 3.63) is 24.4 Å². The lowest BCUT2D eigenvalue weighted by Crippen LogP contribution is -2.42. The zero-order chi connectivity index (χ0) is 14.8. The van der Waals surface area contributed by atoms with Crippen LogP contribution in [0.3, 0.4) is 0 Å². The van der Waals surface area contributed by atoms with Crippen LogP contribution in [-0.4, -0.2) is 35.2 Å². The molecule has 0 aliphatic carbocycles. The molecule has 1 aromatic heterocycles. The van der Waals surface area contributed by atoms with Gasteiger partial charge < -0.3 is 15.7 Å². The van der Waals surface area contributed by atoms with Gasteiger partial charge in [-0.25, -0.2) is 9.78 Å². The first-order chi connectivity index (χ1) is 9.70. The molecule has 112 valence electrons. The lowest BCUT2D eigenvalue weighted by molar-refractivity contribution is -0.138. The van der Waals surface area contributed by atoms with Crippen molar-refractivity contribution in [2.45, 2.75) is 45.1 Å². The summed E-state index contributed by atoms with van der Waals surface area (Å²) in [6, 6.07) is 5.07. The second-order valence-corrected chi connectivity index (χ2v) is 4.87. The van der Waals surface area contributed by atoms with Crippen molar-refractivity contribution >= 4 is 11.8 Å². The summed E-state index contributed by atoms with van der Waals surface area (Å²) in [7, 11) is 0. The van der Waals surface area contributed by atoms with Crippen molar-refractivity contribution < 1.29 is 9.90 Å². The van der Waals surface area contributed by atoms with Crippen LogP contribution in [-0.2, 0) is 4.79 Å². The number of carboxylic acids is 1. The Kier molecular flexibility index (Phi) is 7.65. The fourth-order valence-corrected chi connectivity index (χ4v) is 2.18. The molecular weight excluding hydrogens is 254 g/mol. The van der Waals surface area contributed by atoms with Crippen molar-refractivity contribution in [1.29, 1.82) is 0 Å². The maximum absolute atomic E-state index is 11.6. The Morgan fingerprint density at radius 3 is 2.75 bits per heavy atom. The van der Waals surface area contributed by atoms with E-state index in [0.717, 1.165) is 31.5 Å². The number of carboxylic acid groups (broad SMARTS) is 1. The minimum absolute atomic E-state index is 0.525. The number of aromatic nitrogens is 1. The number of hydrogen-bond acceptors (Lipinski definition) is 4. The van der Waals surface area contributed by atoms with Crippen LogP contribution < -0.4 is 10.6 Å². The van der Waals surface area contributed by atoms with Crippen molar-refractivity contribution in [3.8, 4) is 0 Å². The molecule has 0 aliphatic rings. The number of carbonyl (C=O) groups is 1. The number of pyridine rings is 1. The third kappa shape index (κ3) is 5.17. The van der Waals surface area contributed by atoms with Gasteiger partial charge >= 0.3 is 5.97 Å². The molecule has 0 aromatic carbocycles. The molecule has 0 aliphatic heterocycles. The topological polar surface area (TPSA) is 79.5 Å². The summed E-state index contributed by atoms with van der Waals surface area (Å²) in [5.74, 6) is -0.0510. The molecule has 0 bridgehead atoms. The maximum atomic E-state index is 11.6. The molecule has 1 rings (SSSR count). The van der Waals surface area contributed by atoms with Crippen LogP contribution in [0, 0.1) is 0 Å². The molecule has 1 aromatic rings. The van der Waals surface area contributed by atoms with Crippen LogP contribution in [0.4, 0.5) is 5.82 Å². The predicted octanol–water partition coefficient (Wildman–Crippen LogP) is 2.27. The van der Waals surface area contributed by atoms with Crippen molar-refractivity contribution in [3.63, 3.8) is 0 Å². The largest absolute Gasteiger partial charge is 0.480 e. The molecule has 0 saturated carbocycles. The molecule has 5 heteroatoms. The zero-order valence-electron chi connectivity index (χ0n) is 12.2. The molecule has 1 unspecified atom stereocenters. The van der Waals surface area contributed by atoms with E-state index in [2.05, 4.69) is 11.9 Å². The zero-order valence-corrected chi connectivity index (χ0v) is 12.2. The van der Waals surface area contributed by atoms with Gasteiger partial charge in [0.15, 0.2) is 0 Å². The van der Waals surface area contributed by atoms with Crippen molar-refractivity contribution in [2.24, 2.45) is 5.73 Å². The van der Waals surface area contributed by atoms with E-state index in [9.17, 15) is 9.90 Å². The Labute approximate surface area is 120 Å². The first-order valence-electron chi connectivity index (χ1n) is 7.31. The van der Waals surface area contributed by atoms with Crippen LogP contribution in [0.15, 0.2) is 24.4 Å². The Hall–Kier alpha value is -1.62. The Morgan fingerprint density at radius 1 is 1.40 bits per heavy atom. The minimum Gasteiger partial charge on any atom is -0.480 e. The highest BCUT2D eigenvalue weighted by Gasteiger charge is 2.25. The van der Waals surface area contributed by atoms with Crippen LogP contribution in [0.1, 0.15) is 39.0 Å². The molecular formula is C15H25N3O2. The molecule has 0 spiro atoms. The third-order valence-corrected chi connectivity index (χ3v) is 3.29.